The molecule has 0 heterocycles. The van der Waals surface area contributed by atoms with Crippen molar-refractivity contribution in [3.63, 3.8) is 0 Å². The molecule has 0 aliphatic rings. The molecule has 0 aromatic heterocycles. The summed E-state index contributed by atoms with van der Waals surface area (Å²) in [4.78, 5) is 3.89. The minimum atomic E-state index is -0.119. The van der Waals surface area contributed by atoms with Crippen LogP contribution >= 0.6 is 11.8 Å². The van der Waals surface area contributed by atoms with E-state index < -0.39 is 0 Å². The van der Waals surface area contributed by atoms with E-state index in [1.807, 2.05) is 6.92 Å². The molecule has 1 atom stereocenters. The molecule has 0 aliphatic heterocycles. The van der Waals surface area contributed by atoms with Crippen LogP contribution in [0.15, 0.2) is 4.99 Å². The summed E-state index contributed by atoms with van der Waals surface area (Å²) >= 11 is 5.41. The molecule has 54 valence electrons. The molecule has 9 heavy (non-hydrogen) atoms. The zero-order valence-electron chi connectivity index (χ0n) is 5.84. The van der Waals surface area contributed by atoms with Crippen molar-refractivity contribution in [3.8, 4) is 0 Å². The maximum atomic E-state index is 5.41. The number of rotatable bonds is 3. The van der Waals surface area contributed by atoms with E-state index >= 15 is 0 Å². The lowest BCUT2D eigenvalue weighted by Crippen LogP contribution is -2.06. The van der Waals surface area contributed by atoms with Crippen LogP contribution in [-0.4, -0.2) is 31.1 Å². The Hall–Kier alpha value is -0.280. The molecule has 0 N–H and O–H groups in total. The Morgan fingerprint density at radius 3 is 2.67 bits per heavy atom. The highest BCUT2D eigenvalue weighted by Crippen LogP contribution is 1.89. The fourth-order valence-corrected chi connectivity index (χ4v) is 0.297. The van der Waals surface area contributed by atoms with Gasteiger partial charge in [-0.1, -0.05) is 0 Å². The first-order chi connectivity index (χ1) is 4.16. The normalized spacial score (nSPS) is 14.2. The summed E-state index contributed by atoms with van der Waals surface area (Å²) in [5.74, 6) is 0. The standard InChI is InChI=1S/C5H11ClN2O/c1-5(9-3)7-4-8(2)6/h4-5H,1-3H3. The highest BCUT2D eigenvalue weighted by atomic mass is 35.5. The SMILES string of the molecule is COC(C)N=CN(C)Cl. The monoisotopic (exact) mass is 150 g/mol. The summed E-state index contributed by atoms with van der Waals surface area (Å²) in [7, 11) is 3.28. The lowest BCUT2D eigenvalue weighted by atomic mass is 10.7. The van der Waals surface area contributed by atoms with Gasteiger partial charge >= 0.3 is 0 Å². The third-order valence-corrected chi connectivity index (χ3v) is 0.864. The van der Waals surface area contributed by atoms with Gasteiger partial charge in [0, 0.05) is 25.9 Å². The minimum Gasteiger partial charge on any atom is -0.360 e. The first-order valence-corrected chi connectivity index (χ1v) is 2.95. The van der Waals surface area contributed by atoms with E-state index in [4.69, 9.17) is 16.5 Å². The summed E-state index contributed by atoms with van der Waals surface area (Å²) in [5.41, 5.74) is 0. The average Bonchev–Trinajstić information content (AvgIpc) is 1.83. The highest BCUT2D eigenvalue weighted by molar-refractivity contribution is 6.18. The van der Waals surface area contributed by atoms with Gasteiger partial charge in [-0.3, -0.25) is 4.42 Å². The van der Waals surface area contributed by atoms with E-state index in [1.54, 1.807) is 14.2 Å². The highest BCUT2D eigenvalue weighted by Gasteiger charge is 1.90. The van der Waals surface area contributed by atoms with Crippen LogP contribution in [0.3, 0.4) is 0 Å². The van der Waals surface area contributed by atoms with E-state index in [2.05, 4.69) is 4.99 Å². The van der Waals surface area contributed by atoms with Crippen molar-refractivity contribution in [1.82, 2.24) is 4.42 Å². The molecule has 0 radical (unpaired) electrons. The molecule has 0 saturated carbocycles. The minimum absolute atomic E-state index is 0.119. The second kappa shape index (κ2) is 4.58. The number of hydrogen-bond donors (Lipinski definition) is 0. The Bertz CT molecular complexity index is 95.0. The molecule has 1 unspecified atom stereocenters. The lowest BCUT2D eigenvalue weighted by Gasteiger charge is -2.03. The van der Waals surface area contributed by atoms with Crippen LogP contribution in [0.1, 0.15) is 6.92 Å². The van der Waals surface area contributed by atoms with Crippen LogP contribution in [-0.2, 0) is 4.74 Å². The number of nitrogens with zero attached hydrogens (tertiary/aromatic N) is 2. The van der Waals surface area contributed by atoms with Crippen molar-refractivity contribution >= 4 is 18.1 Å². The first-order valence-electron chi connectivity index (χ1n) is 2.61. The molecule has 0 spiro atoms. The number of ether oxygens (including phenoxy) is 1. The molecule has 0 bridgehead atoms. The molecule has 3 nitrogen and oxygen atoms in total. The van der Waals surface area contributed by atoms with Gasteiger partial charge in [0.2, 0.25) is 0 Å². The molecule has 0 rings (SSSR count). The third kappa shape index (κ3) is 5.59. The fourth-order valence-electron chi connectivity index (χ4n) is 0.247. The van der Waals surface area contributed by atoms with Crippen LogP contribution in [0.25, 0.3) is 0 Å². The molecular formula is C5H11ClN2O. The van der Waals surface area contributed by atoms with Crippen LogP contribution in [0, 0.1) is 0 Å². The zero-order chi connectivity index (χ0) is 7.28. The van der Waals surface area contributed by atoms with Gasteiger partial charge in [-0.25, -0.2) is 4.99 Å². The van der Waals surface area contributed by atoms with Gasteiger partial charge in [0.25, 0.3) is 0 Å². The largest absolute Gasteiger partial charge is 0.360 e. The van der Waals surface area contributed by atoms with E-state index in [1.165, 1.54) is 10.8 Å². The van der Waals surface area contributed by atoms with E-state index in [0.717, 1.165) is 0 Å². The van der Waals surface area contributed by atoms with Gasteiger partial charge in [0.05, 0.1) is 0 Å². The molecule has 0 aromatic carbocycles. The maximum absolute atomic E-state index is 5.41. The third-order valence-electron chi connectivity index (χ3n) is 0.777. The fraction of sp³-hybridized carbons (Fsp3) is 0.800. The molecule has 0 fully saturated rings. The van der Waals surface area contributed by atoms with Gasteiger partial charge in [-0.05, 0) is 6.92 Å². The Morgan fingerprint density at radius 1 is 1.78 bits per heavy atom. The Balaban J connectivity index is 3.43. The van der Waals surface area contributed by atoms with Gasteiger partial charge < -0.3 is 4.74 Å². The van der Waals surface area contributed by atoms with E-state index in [0.29, 0.717) is 0 Å². The predicted octanol–water partition coefficient (Wildman–Crippen LogP) is 1.09. The second-order valence-electron chi connectivity index (χ2n) is 1.62. The summed E-state index contributed by atoms with van der Waals surface area (Å²) in [6.45, 7) is 1.83. The number of halogens is 1. The molecule has 0 aliphatic carbocycles. The van der Waals surface area contributed by atoms with Gasteiger partial charge in [0.1, 0.15) is 12.6 Å². The second-order valence-corrected chi connectivity index (χ2v) is 2.16. The quantitative estimate of drug-likeness (QED) is 0.342. The van der Waals surface area contributed by atoms with Gasteiger partial charge in [0.15, 0.2) is 0 Å². The predicted molar refractivity (Wildman–Crippen MR) is 38.6 cm³/mol. The van der Waals surface area contributed by atoms with Crippen LogP contribution in [0.2, 0.25) is 0 Å². The van der Waals surface area contributed by atoms with Crippen molar-refractivity contribution in [2.45, 2.75) is 13.2 Å². The van der Waals surface area contributed by atoms with Crippen molar-refractivity contribution in [1.29, 1.82) is 0 Å². The summed E-state index contributed by atoms with van der Waals surface area (Å²) in [6, 6.07) is 0. The van der Waals surface area contributed by atoms with Crippen LogP contribution < -0.4 is 0 Å². The topological polar surface area (TPSA) is 24.8 Å². The summed E-state index contributed by atoms with van der Waals surface area (Å²) in [6.07, 6.45) is 1.38. The summed E-state index contributed by atoms with van der Waals surface area (Å²) in [5, 5.41) is 0. The Morgan fingerprint density at radius 2 is 2.33 bits per heavy atom. The molecular weight excluding hydrogens is 140 g/mol. The molecule has 0 saturated heterocycles. The van der Waals surface area contributed by atoms with Crippen molar-refractivity contribution < 1.29 is 4.74 Å². The van der Waals surface area contributed by atoms with Gasteiger partial charge in [-0.15, -0.1) is 0 Å². The van der Waals surface area contributed by atoms with Crippen LogP contribution in [0.4, 0.5) is 0 Å². The van der Waals surface area contributed by atoms with Crippen molar-refractivity contribution in [2.75, 3.05) is 14.2 Å². The van der Waals surface area contributed by atoms with Crippen LogP contribution in [0.5, 0.6) is 0 Å². The number of methoxy groups -OCH3 is 1. The van der Waals surface area contributed by atoms with E-state index in [-0.39, 0.29) is 6.23 Å². The maximum Gasteiger partial charge on any atom is 0.146 e. The first kappa shape index (κ1) is 8.72. The molecule has 0 amide bonds. The lowest BCUT2D eigenvalue weighted by molar-refractivity contribution is 0.126. The van der Waals surface area contributed by atoms with Crippen molar-refractivity contribution in [2.24, 2.45) is 4.99 Å². The Kier molecular flexibility index (Phi) is 4.44. The number of aliphatic imine (C=N–C) groups is 1. The Labute approximate surface area is 60.4 Å². The zero-order valence-corrected chi connectivity index (χ0v) is 6.59. The summed E-state index contributed by atoms with van der Waals surface area (Å²) < 4.78 is 6.16. The van der Waals surface area contributed by atoms with E-state index in [9.17, 15) is 0 Å². The van der Waals surface area contributed by atoms with Crippen molar-refractivity contribution in [3.05, 3.63) is 0 Å². The smallest absolute Gasteiger partial charge is 0.146 e. The average molecular weight is 151 g/mol. The number of hydrogen-bond acceptors (Lipinski definition) is 2. The van der Waals surface area contributed by atoms with Gasteiger partial charge in [-0.2, -0.15) is 0 Å². The molecule has 4 heteroatoms. The molecule has 0 aromatic rings.